The van der Waals surface area contributed by atoms with Crippen LogP contribution >= 0.6 is 0 Å². The van der Waals surface area contributed by atoms with Gasteiger partial charge in [-0.15, -0.1) is 5.10 Å². The maximum atomic E-state index is 13.4. The molecule has 0 amide bonds. The van der Waals surface area contributed by atoms with Crippen LogP contribution in [0.25, 0.3) is 22.9 Å². The molecule has 1 atom stereocenters. The highest BCUT2D eigenvalue weighted by Gasteiger charge is 2.40. The SMILES string of the molecule is Cc1cc(-c2nc(-c3cccc(N(C)C)n3)nn2C(C)C(F)(F)F)c(C)o1. The van der Waals surface area contributed by atoms with Gasteiger partial charge in [-0.05, 0) is 39.0 Å². The van der Waals surface area contributed by atoms with Crippen LogP contribution in [0.4, 0.5) is 19.0 Å². The zero-order valence-electron chi connectivity index (χ0n) is 15.7. The van der Waals surface area contributed by atoms with Crippen LogP contribution < -0.4 is 4.90 Å². The molecule has 3 rings (SSSR count). The Morgan fingerprint density at radius 2 is 1.85 bits per heavy atom. The lowest BCUT2D eigenvalue weighted by Crippen LogP contribution is -2.25. The molecule has 144 valence electrons. The van der Waals surface area contributed by atoms with E-state index in [1.165, 1.54) is 0 Å². The molecule has 0 aliphatic carbocycles. The van der Waals surface area contributed by atoms with Crippen molar-refractivity contribution in [3.05, 3.63) is 35.8 Å². The molecule has 1 unspecified atom stereocenters. The molecule has 0 saturated carbocycles. The van der Waals surface area contributed by atoms with Gasteiger partial charge < -0.3 is 9.32 Å². The second-order valence-corrected chi connectivity index (χ2v) is 6.52. The van der Waals surface area contributed by atoms with E-state index in [-0.39, 0.29) is 11.6 Å². The first-order chi connectivity index (χ1) is 12.6. The summed E-state index contributed by atoms with van der Waals surface area (Å²) in [6.07, 6.45) is -4.47. The van der Waals surface area contributed by atoms with E-state index in [0.29, 0.717) is 28.6 Å². The number of rotatable bonds is 4. The van der Waals surface area contributed by atoms with Crippen LogP contribution in [-0.4, -0.2) is 40.0 Å². The predicted octanol–water partition coefficient (Wildman–Crippen LogP) is 4.41. The second kappa shape index (κ2) is 6.71. The maximum Gasteiger partial charge on any atom is 0.410 e. The average molecular weight is 379 g/mol. The van der Waals surface area contributed by atoms with Gasteiger partial charge >= 0.3 is 6.18 Å². The van der Waals surface area contributed by atoms with Crippen molar-refractivity contribution in [2.45, 2.75) is 33.0 Å². The topological polar surface area (TPSA) is 60.0 Å². The van der Waals surface area contributed by atoms with Crippen molar-refractivity contribution in [1.82, 2.24) is 19.7 Å². The van der Waals surface area contributed by atoms with E-state index >= 15 is 0 Å². The summed E-state index contributed by atoms with van der Waals surface area (Å²) in [6.45, 7) is 4.46. The summed E-state index contributed by atoms with van der Waals surface area (Å²) in [4.78, 5) is 10.6. The number of aryl methyl sites for hydroxylation is 2. The van der Waals surface area contributed by atoms with Crippen LogP contribution in [0.3, 0.4) is 0 Å². The molecular formula is C18H20F3N5O. The summed E-state index contributed by atoms with van der Waals surface area (Å²) >= 11 is 0. The van der Waals surface area contributed by atoms with Crippen molar-refractivity contribution < 1.29 is 17.6 Å². The van der Waals surface area contributed by atoms with Gasteiger partial charge in [0.25, 0.3) is 0 Å². The third kappa shape index (κ3) is 3.67. The Hall–Kier alpha value is -2.84. The highest BCUT2D eigenvalue weighted by molar-refractivity contribution is 5.63. The molecule has 0 aliphatic heterocycles. The third-order valence-electron chi connectivity index (χ3n) is 4.18. The van der Waals surface area contributed by atoms with Crippen molar-refractivity contribution >= 4 is 5.82 Å². The second-order valence-electron chi connectivity index (χ2n) is 6.52. The Bertz CT molecular complexity index is 958. The highest BCUT2D eigenvalue weighted by Crippen LogP contribution is 2.35. The molecule has 3 heterocycles. The van der Waals surface area contributed by atoms with Gasteiger partial charge in [0.15, 0.2) is 11.6 Å². The Kier molecular flexibility index (Phi) is 4.71. The number of anilines is 1. The standard InChI is InChI=1S/C18H20F3N5O/c1-10-9-13(11(2)27-10)17-23-16(24-26(17)12(3)18(19,20)21)14-7-6-8-15(22-14)25(4)5/h6-9,12H,1-5H3. The summed E-state index contributed by atoms with van der Waals surface area (Å²) in [7, 11) is 3.65. The van der Waals surface area contributed by atoms with Gasteiger partial charge in [-0.2, -0.15) is 13.2 Å². The van der Waals surface area contributed by atoms with E-state index in [4.69, 9.17) is 4.42 Å². The Morgan fingerprint density at radius 1 is 1.15 bits per heavy atom. The van der Waals surface area contributed by atoms with Gasteiger partial charge in [-0.1, -0.05) is 6.07 Å². The molecule has 0 aliphatic rings. The normalized spacial score (nSPS) is 13.0. The molecule has 0 N–H and O–H groups in total. The van der Waals surface area contributed by atoms with Crippen molar-refractivity contribution in [2.24, 2.45) is 0 Å². The smallest absolute Gasteiger partial charge is 0.410 e. The van der Waals surface area contributed by atoms with Crippen molar-refractivity contribution in [3.8, 4) is 22.9 Å². The van der Waals surface area contributed by atoms with E-state index in [1.54, 1.807) is 43.0 Å². The molecular weight excluding hydrogens is 359 g/mol. The first kappa shape index (κ1) is 18.9. The highest BCUT2D eigenvalue weighted by atomic mass is 19.4. The number of nitrogens with zero attached hydrogens (tertiary/aromatic N) is 5. The number of furan rings is 1. The quantitative estimate of drug-likeness (QED) is 0.672. The summed E-state index contributed by atoms with van der Waals surface area (Å²) < 4.78 is 46.5. The molecule has 0 fully saturated rings. The van der Waals surface area contributed by atoms with Crippen molar-refractivity contribution in [1.29, 1.82) is 0 Å². The fourth-order valence-electron chi connectivity index (χ4n) is 2.67. The van der Waals surface area contributed by atoms with E-state index in [0.717, 1.165) is 11.6 Å². The Morgan fingerprint density at radius 3 is 2.41 bits per heavy atom. The fourth-order valence-corrected chi connectivity index (χ4v) is 2.67. The van der Waals surface area contributed by atoms with Crippen molar-refractivity contribution in [3.63, 3.8) is 0 Å². The number of pyridine rings is 1. The van der Waals surface area contributed by atoms with Crippen LogP contribution in [0, 0.1) is 13.8 Å². The molecule has 27 heavy (non-hydrogen) atoms. The largest absolute Gasteiger partial charge is 0.466 e. The zero-order chi connectivity index (χ0) is 19.9. The van der Waals surface area contributed by atoms with Gasteiger partial charge in [0.1, 0.15) is 29.1 Å². The maximum absolute atomic E-state index is 13.4. The van der Waals surface area contributed by atoms with Crippen LogP contribution in [-0.2, 0) is 0 Å². The number of hydrogen-bond donors (Lipinski definition) is 0. The van der Waals surface area contributed by atoms with E-state index in [9.17, 15) is 13.2 Å². The van der Waals surface area contributed by atoms with E-state index < -0.39 is 12.2 Å². The van der Waals surface area contributed by atoms with Crippen LogP contribution in [0.1, 0.15) is 24.5 Å². The third-order valence-corrected chi connectivity index (χ3v) is 4.18. The van der Waals surface area contributed by atoms with Gasteiger partial charge in [0.2, 0.25) is 0 Å². The lowest BCUT2D eigenvalue weighted by Gasteiger charge is -2.17. The molecule has 9 heteroatoms. The number of aromatic nitrogens is 4. The zero-order valence-corrected chi connectivity index (χ0v) is 15.7. The average Bonchev–Trinajstić information content (AvgIpc) is 3.16. The predicted molar refractivity (Wildman–Crippen MR) is 95.5 cm³/mol. The molecule has 0 saturated heterocycles. The van der Waals surface area contributed by atoms with Gasteiger partial charge in [0, 0.05) is 14.1 Å². The number of hydrogen-bond acceptors (Lipinski definition) is 5. The van der Waals surface area contributed by atoms with E-state index in [1.807, 2.05) is 14.1 Å². The van der Waals surface area contributed by atoms with Gasteiger partial charge in [-0.25, -0.2) is 14.6 Å². The summed E-state index contributed by atoms with van der Waals surface area (Å²) in [5.41, 5.74) is 0.875. The number of halogens is 3. The lowest BCUT2D eigenvalue weighted by atomic mass is 10.2. The summed E-state index contributed by atoms with van der Waals surface area (Å²) in [6, 6.07) is 5.04. The Labute approximate surface area is 154 Å². The minimum absolute atomic E-state index is 0.0984. The van der Waals surface area contributed by atoms with Gasteiger partial charge in [-0.3, -0.25) is 0 Å². The molecule has 3 aromatic heterocycles. The fraction of sp³-hybridized carbons (Fsp3) is 0.389. The van der Waals surface area contributed by atoms with Gasteiger partial charge in [0.05, 0.1) is 5.56 Å². The molecule has 0 aromatic carbocycles. The molecule has 3 aromatic rings. The molecule has 0 spiro atoms. The van der Waals surface area contributed by atoms with E-state index in [2.05, 4.69) is 15.1 Å². The first-order valence-electron chi connectivity index (χ1n) is 8.33. The number of alkyl halides is 3. The summed E-state index contributed by atoms with van der Waals surface area (Å²) in [5, 5.41) is 4.14. The first-order valence-corrected chi connectivity index (χ1v) is 8.33. The lowest BCUT2D eigenvalue weighted by molar-refractivity contribution is -0.165. The molecule has 6 nitrogen and oxygen atoms in total. The minimum Gasteiger partial charge on any atom is -0.466 e. The monoisotopic (exact) mass is 379 g/mol. The summed E-state index contributed by atoms with van der Waals surface area (Å²) in [5.74, 6) is 1.96. The molecule has 0 bridgehead atoms. The van der Waals surface area contributed by atoms with Crippen LogP contribution in [0.5, 0.6) is 0 Å². The molecule has 0 radical (unpaired) electrons. The Balaban J connectivity index is 2.18. The van der Waals surface area contributed by atoms with Crippen molar-refractivity contribution in [2.75, 3.05) is 19.0 Å². The van der Waals surface area contributed by atoms with Crippen LogP contribution in [0.15, 0.2) is 28.7 Å². The van der Waals surface area contributed by atoms with Crippen LogP contribution in [0.2, 0.25) is 0 Å². The minimum atomic E-state index is -4.47.